The van der Waals surface area contributed by atoms with Crippen molar-refractivity contribution in [3.8, 4) is 5.75 Å². The van der Waals surface area contributed by atoms with Gasteiger partial charge in [-0.05, 0) is 55.7 Å². The lowest BCUT2D eigenvalue weighted by Gasteiger charge is -2.18. The number of hydrogen-bond donors (Lipinski definition) is 1. The molecular formula is C20H21F3N2O4S. The second-order valence-electron chi connectivity index (χ2n) is 6.96. The number of carbonyl (C=O) groups excluding carboxylic acids is 1. The number of ether oxygens (including phenoxy) is 1. The Morgan fingerprint density at radius 1 is 1.10 bits per heavy atom. The van der Waals surface area contributed by atoms with Crippen LogP contribution in [0, 0.1) is 6.92 Å². The van der Waals surface area contributed by atoms with E-state index in [9.17, 15) is 26.4 Å². The highest BCUT2D eigenvalue weighted by Crippen LogP contribution is 2.34. The van der Waals surface area contributed by atoms with Crippen molar-refractivity contribution in [1.82, 2.24) is 4.31 Å². The number of amides is 1. The molecule has 1 fully saturated rings. The number of aryl methyl sites for hydroxylation is 1. The lowest BCUT2D eigenvalue weighted by molar-refractivity contribution is -0.138. The molecule has 1 amide bonds. The second-order valence-corrected chi connectivity index (χ2v) is 8.86. The molecule has 30 heavy (non-hydrogen) atoms. The van der Waals surface area contributed by atoms with Gasteiger partial charge in [-0.15, -0.1) is 0 Å². The van der Waals surface area contributed by atoms with E-state index in [1.54, 1.807) is 0 Å². The summed E-state index contributed by atoms with van der Waals surface area (Å²) in [5.74, 6) is -0.638. The average molecular weight is 442 g/mol. The normalized spacial score (nSPS) is 15.2. The van der Waals surface area contributed by atoms with Gasteiger partial charge in [-0.2, -0.15) is 17.5 Å². The molecule has 0 saturated carbocycles. The predicted octanol–water partition coefficient (Wildman–Crippen LogP) is 4.06. The number of carbonyl (C=O) groups is 1. The van der Waals surface area contributed by atoms with Crippen LogP contribution in [0.2, 0.25) is 0 Å². The Balaban J connectivity index is 1.92. The summed E-state index contributed by atoms with van der Waals surface area (Å²) >= 11 is 0. The summed E-state index contributed by atoms with van der Waals surface area (Å²) in [4.78, 5) is 12.5. The molecule has 0 atom stereocenters. The molecule has 0 aliphatic carbocycles. The molecule has 2 aromatic carbocycles. The van der Waals surface area contributed by atoms with Gasteiger partial charge in [0.15, 0.2) is 0 Å². The van der Waals surface area contributed by atoms with Crippen molar-refractivity contribution in [2.45, 2.75) is 30.8 Å². The van der Waals surface area contributed by atoms with E-state index >= 15 is 0 Å². The number of rotatable bonds is 5. The molecule has 162 valence electrons. The van der Waals surface area contributed by atoms with Crippen LogP contribution in [0.3, 0.4) is 0 Å². The minimum atomic E-state index is -4.55. The maximum Gasteiger partial charge on any atom is 0.416 e. The Labute approximate surface area is 172 Å². The summed E-state index contributed by atoms with van der Waals surface area (Å²) in [6.45, 7) is 2.09. The van der Waals surface area contributed by atoms with Gasteiger partial charge in [-0.25, -0.2) is 8.42 Å². The number of methoxy groups -OCH3 is 1. The molecule has 0 radical (unpaired) electrons. The number of benzene rings is 2. The van der Waals surface area contributed by atoms with Crippen molar-refractivity contribution in [2.24, 2.45) is 0 Å². The van der Waals surface area contributed by atoms with Crippen LogP contribution in [0.15, 0.2) is 41.3 Å². The van der Waals surface area contributed by atoms with Crippen LogP contribution >= 0.6 is 0 Å². The van der Waals surface area contributed by atoms with E-state index in [-0.39, 0.29) is 27.5 Å². The van der Waals surface area contributed by atoms with Crippen molar-refractivity contribution < 1.29 is 31.1 Å². The van der Waals surface area contributed by atoms with Gasteiger partial charge in [0.1, 0.15) is 10.6 Å². The SMILES string of the molecule is COc1ccc(C(=O)Nc2ccc(C)c(C(F)(F)F)c2)cc1S(=O)(=O)N1CCCC1. The van der Waals surface area contributed by atoms with E-state index < -0.39 is 27.7 Å². The molecule has 2 aromatic rings. The van der Waals surface area contributed by atoms with Crippen LogP contribution in [0.5, 0.6) is 5.75 Å². The summed E-state index contributed by atoms with van der Waals surface area (Å²) in [7, 11) is -2.54. The molecule has 0 spiro atoms. The molecule has 1 N–H and O–H groups in total. The fraction of sp³-hybridized carbons (Fsp3) is 0.350. The van der Waals surface area contributed by atoms with Crippen molar-refractivity contribution in [1.29, 1.82) is 0 Å². The van der Waals surface area contributed by atoms with Crippen LogP contribution in [0.25, 0.3) is 0 Å². The van der Waals surface area contributed by atoms with Crippen LogP contribution in [0.4, 0.5) is 18.9 Å². The van der Waals surface area contributed by atoms with Crippen molar-refractivity contribution in [3.63, 3.8) is 0 Å². The van der Waals surface area contributed by atoms with Gasteiger partial charge in [0, 0.05) is 24.3 Å². The summed E-state index contributed by atoms with van der Waals surface area (Å²) in [5, 5.41) is 2.40. The van der Waals surface area contributed by atoms with Gasteiger partial charge in [0.25, 0.3) is 5.91 Å². The lowest BCUT2D eigenvalue weighted by atomic mass is 10.1. The van der Waals surface area contributed by atoms with E-state index in [0.29, 0.717) is 13.1 Å². The van der Waals surface area contributed by atoms with E-state index in [1.807, 2.05) is 0 Å². The van der Waals surface area contributed by atoms with Crippen molar-refractivity contribution in [2.75, 3.05) is 25.5 Å². The number of hydrogen-bond acceptors (Lipinski definition) is 4. The second kappa shape index (κ2) is 8.27. The largest absolute Gasteiger partial charge is 0.495 e. The Bertz CT molecular complexity index is 1060. The van der Waals surface area contributed by atoms with Gasteiger partial charge in [-0.1, -0.05) is 6.07 Å². The predicted molar refractivity (Wildman–Crippen MR) is 105 cm³/mol. The fourth-order valence-electron chi connectivity index (χ4n) is 3.30. The van der Waals surface area contributed by atoms with Gasteiger partial charge in [-0.3, -0.25) is 4.79 Å². The van der Waals surface area contributed by atoms with E-state index in [1.165, 1.54) is 48.7 Å². The zero-order valence-corrected chi connectivity index (χ0v) is 17.2. The number of sulfonamides is 1. The standard InChI is InChI=1S/C20H21F3N2O4S/c1-13-5-7-15(12-16(13)20(21,22)23)24-19(26)14-6-8-17(29-2)18(11-14)30(27,28)25-9-3-4-10-25/h5-8,11-12H,3-4,9-10H2,1-2H3,(H,24,26). The number of nitrogens with one attached hydrogen (secondary N) is 1. The highest BCUT2D eigenvalue weighted by atomic mass is 32.2. The van der Waals surface area contributed by atoms with Gasteiger partial charge in [0.05, 0.1) is 12.7 Å². The molecule has 0 unspecified atom stereocenters. The van der Waals surface area contributed by atoms with Crippen molar-refractivity contribution in [3.05, 3.63) is 53.1 Å². The number of nitrogens with zero attached hydrogens (tertiary/aromatic N) is 1. The molecule has 1 aliphatic heterocycles. The van der Waals surface area contributed by atoms with Crippen LogP contribution < -0.4 is 10.1 Å². The number of anilines is 1. The monoisotopic (exact) mass is 442 g/mol. The van der Waals surface area contributed by atoms with Gasteiger partial charge in [0.2, 0.25) is 10.0 Å². The molecule has 1 saturated heterocycles. The third-order valence-electron chi connectivity index (χ3n) is 4.91. The molecule has 0 bridgehead atoms. The first-order valence-electron chi connectivity index (χ1n) is 9.21. The summed E-state index contributed by atoms with van der Waals surface area (Å²) in [6, 6.07) is 7.35. The highest BCUT2D eigenvalue weighted by Gasteiger charge is 2.33. The van der Waals surface area contributed by atoms with E-state index in [0.717, 1.165) is 18.9 Å². The van der Waals surface area contributed by atoms with Crippen molar-refractivity contribution >= 4 is 21.6 Å². The zero-order chi connectivity index (χ0) is 22.1. The minimum absolute atomic E-state index is 0.0114. The molecule has 1 heterocycles. The molecule has 3 rings (SSSR count). The molecule has 6 nitrogen and oxygen atoms in total. The topological polar surface area (TPSA) is 75.7 Å². The average Bonchev–Trinajstić information content (AvgIpc) is 3.23. The zero-order valence-electron chi connectivity index (χ0n) is 16.4. The highest BCUT2D eigenvalue weighted by molar-refractivity contribution is 7.89. The minimum Gasteiger partial charge on any atom is -0.495 e. The molecular weight excluding hydrogens is 421 g/mol. The third kappa shape index (κ3) is 4.44. The maximum atomic E-state index is 13.1. The fourth-order valence-corrected chi connectivity index (χ4v) is 4.99. The van der Waals surface area contributed by atoms with Crippen LogP contribution in [-0.2, 0) is 16.2 Å². The number of alkyl halides is 3. The first kappa shape index (κ1) is 22.1. The maximum absolute atomic E-state index is 13.1. The van der Waals surface area contributed by atoms with Crippen LogP contribution in [-0.4, -0.2) is 38.8 Å². The Morgan fingerprint density at radius 2 is 1.77 bits per heavy atom. The first-order chi connectivity index (χ1) is 14.0. The Kier molecular flexibility index (Phi) is 6.09. The molecule has 10 heteroatoms. The molecule has 0 aromatic heterocycles. The Morgan fingerprint density at radius 3 is 2.37 bits per heavy atom. The lowest BCUT2D eigenvalue weighted by Crippen LogP contribution is -2.28. The van der Waals surface area contributed by atoms with Gasteiger partial charge >= 0.3 is 6.18 Å². The van der Waals surface area contributed by atoms with Crippen LogP contribution in [0.1, 0.15) is 34.3 Å². The molecule has 1 aliphatic rings. The summed E-state index contributed by atoms with van der Waals surface area (Å²) < 4.78 is 71.6. The number of halogens is 3. The smallest absolute Gasteiger partial charge is 0.416 e. The first-order valence-corrected chi connectivity index (χ1v) is 10.7. The Hall–Kier alpha value is -2.59. The summed E-state index contributed by atoms with van der Waals surface area (Å²) in [6.07, 6.45) is -3.06. The third-order valence-corrected chi connectivity index (χ3v) is 6.83. The van der Waals surface area contributed by atoms with E-state index in [2.05, 4.69) is 5.32 Å². The van der Waals surface area contributed by atoms with Gasteiger partial charge < -0.3 is 10.1 Å². The van der Waals surface area contributed by atoms with E-state index in [4.69, 9.17) is 4.74 Å². The summed E-state index contributed by atoms with van der Waals surface area (Å²) in [5.41, 5.74) is -0.878. The quantitative estimate of drug-likeness (QED) is 0.758.